The first-order valence-corrected chi connectivity index (χ1v) is 7.53. The zero-order valence-corrected chi connectivity index (χ0v) is 12.4. The Hall–Kier alpha value is 0.310. The van der Waals surface area contributed by atoms with Gasteiger partial charge in [-0.2, -0.15) is 12.6 Å². The molecule has 1 rings (SSSR count). The summed E-state index contributed by atoms with van der Waals surface area (Å²) >= 11 is 4.57. The number of likely N-dealkylation sites (tertiary alicyclic amines) is 1. The van der Waals surface area contributed by atoms with Crippen molar-refractivity contribution in [1.29, 1.82) is 0 Å². The van der Waals surface area contributed by atoms with E-state index in [1.807, 2.05) is 0 Å². The fourth-order valence-corrected chi connectivity index (χ4v) is 3.32. The van der Waals surface area contributed by atoms with Gasteiger partial charge < -0.3 is 4.90 Å². The normalized spacial score (nSPS) is 23.2. The first kappa shape index (κ1) is 14.4. The second-order valence-electron chi connectivity index (χ2n) is 5.89. The molecule has 0 N–H and O–H groups in total. The van der Waals surface area contributed by atoms with Crippen LogP contribution in [0.3, 0.4) is 0 Å². The Morgan fingerprint density at radius 1 is 1.31 bits per heavy atom. The molecule has 0 amide bonds. The van der Waals surface area contributed by atoms with E-state index in [1.165, 1.54) is 38.9 Å². The zero-order valence-electron chi connectivity index (χ0n) is 11.5. The molecular weight excluding hydrogens is 214 g/mol. The van der Waals surface area contributed by atoms with E-state index in [0.717, 1.165) is 17.6 Å². The largest absolute Gasteiger partial charge is 0.302 e. The topological polar surface area (TPSA) is 3.24 Å². The van der Waals surface area contributed by atoms with Crippen LogP contribution in [0.25, 0.3) is 0 Å². The molecular formula is C14H29NS. The molecule has 1 fully saturated rings. The van der Waals surface area contributed by atoms with Crippen LogP contribution in [0.4, 0.5) is 0 Å². The number of hydrogen-bond donors (Lipinski definition) is 1. The van der Waals surface area contributed by atoms with Gasteiger partial charge in [-0.1, -0.05) is 27.7 Å². The van der Waals surface area contributed by atoms with Gasteiger partial charge in [0.05, 0.1) is 0 Å². The molecule has 0 radical (unpaired) electrons. The van der Waals surface area contributed by atoms with E-state index in [1.54, 1.807) is 0 Å². The van der Waals surface area contributed by atoms with Crippen LogP contribution in [0.1, 0.15) is 47.0 Å². The summed E-state index contributed by atoms with van der Waals surface area (Å²) in [7, 11) is 0. The maximum Gasteiger partial charge on any atom is 0.00457 e. The van der Waals surface area contributed by atoms with Gasteiger partial charge in [-0.3, -0.25) is 0 Å². The lowest BCUT2D eigenvalue weighted by Crippen LogP contribution is -2.37. The summed E-state index contributed by atoms with van der Waals surface area (Å²) in [6.07, 6.45) is 3.92. The fraction of sp³-hybridized carbons (Fsp3) is 1.00. The number of hydrogen-bond acceptors (Lipinski definition) is 2. The molecule has 0 aromatic carbocycles. The Morgan fingerprint density at radius 3 is 2.31 bits per heavy atom. The lowest BCUT2D eigenvalue weighted by atomic mass is 9.84. The van der Waals surface area contributed by atoms with Crippen molar-refractivity contribution in [2.45, 2.75) is 47.0 Å². The summed E-state index contributed by atoms with van der Waals surface area (Å²) in [5, 5.41) is 0. The molecule has 0 saturated carbocycles. The third-order valence-electron chi connectivity index (χ3n) is 4.65. The van der Waals surface area contributed by atoms with Gasteiger partial charge in [0.1, 0.15) is 0 Å². The quantitative estimate of drug-likeness (QED) is 0.696. The van der Waals surface area contributed by atoms with Crippen LogP contribution in [-0.4, -0.2) is 30.3 Å². The molecule has 1 saturated heterocycles. The molecule has 2 heteroatoms. The summed E-state index contributed by atoms with van der Waals surface area (Å²) < 4.78 is 0. The van der Waals surface area contributed by atoms with Gasteiger partial charge >= 0.3 is 0 Å². The van der Waals surface area contributed by atoms with E-state index >= 15 is 0 Å². The fourth-order valence-electron chi connectivity index (χ4n) is 2.77. The lowest BCUT2D eigenvalue weighted by Gasteiger charge is -2.34. The monoisotopic (exact) mass is 243 g/mol. The summed E-state index contributed by atoms with van der Waals surface area (Å²) in [5.74, 6) is 2.80. The summed E-state index contributed by atoms with van der Waals surface area (Å²) in [6.45, 7) is 13.2. The van der Waals surface area contributed by atoms with Crippen molar-refractivity contribution in [2.24, 2.45) is 17.3 Å². The van der Waals surface area contributed by atoms with Crippen LogP contribution in [-0.2, 0) is 0 Å². The molecule has 1 aliphatic rings. The van der Waals surface area contributed by atoms with Crippen LogP contribution in [0.5, 0.6) is 0 Å². The SMILES string of the molecule is CCC(CC)(CS)CN1CCC(C(C)C)C1. The Labute approximate surface area is 107 Å². The van der Waals surface area contributed by atoms with Crippen LogP contribution in [0.15, 0.2) is 0 Å². The van der Waals surface area contributed by atoms with Gasteiger partial charge in [-0.05, 0) is 48.8 Å². The van der Waals surface area contributed by atoms with Gasteiger partial charge in [0.2, 0.25) is 0 Å². The molecule has 0 spiro atoms. The third kappa shape index (κ3) is 3.40. The molecule has 1 unspecified atom stereocenters. The maximum absolute atomic E-state index is 4.57. The van der Waals surface area contributed by atoms with E-state index in [0.29, 0.717) is 5.41 Å². The molecule has 0 bridgehead atoms. The predicted molar refractivity (Wildman–Crippen MR) is 76.3 cm³/mol. The Morgan fingerprint density at radius 2 is 1.94 bits per heavy atom. The highest BCUT2D eigenvalue weighted by Crippen LogP contribution is 2.32. The lowest BCUT2D eigenvalue weighted by molar-refractivity contribution is 0.176. The smallest absolute Gasteiger partial charge is 0.00457 e. The average molecular weight is 243 g/mol. The molecule has 0 aliphatic carbocycles. The molecule has 1 aliphatic heterocycles. The molecule has 0 aromatic rings. The minimum Gasteiger partial charge on any atom is -0.302 e. The molecule has 1 heterocycles. The summed E-state index contributed by atoms with van der Waals surface area (Å²) in [4.78, 5) is 2.67. The highest BCUT2D eigenvalue weighted by atomic mass is 32.1. The van der Waals surface area contributed by atoms with Crippen molar-refractivity contribution in [3.05, 3.63) is 0 Å². The van der Waals surface area contributed by atoms with Crippen molar-refractivity contribution in [2.75, 3.05) is 25.4 Å². The Balaban J connectivity index is 2.48. The second-order valence-corrected chi connectivity index (χ2v) is 6.21. The van der Waals surface area contributed by atoms with E-state index in [2.05, 4.69) is 45.2 Å². The van der Waals surface area contributed by atoms with Crippen LogP contribution in [0, 0.1) is 17.3 Å². The average Bonchev–Trinajstić information content (AvgIpc) is 2.74. The Bertz CT molecular complexity index is 191. The van der Waals surface area contributed by atoms with Crippen LogP contribution >= 0.6 is 12.6 Å². The van der Waals surface area contributed by atoms with Crippen molar-refractivity contribution in [1.82, 2.24) is 4.90 Å². The van der Waals surface area contributed by atoms with Crippen molar-refractivity contribution in [3.63, 3.8) is 0 Å². The molecule has 1 atom stereocenters. The van der Waals surface area contributed by atoms with E-state index < -0.39 is 0 Å². The number of thiol groups is 1. The maximum atomic E-state index is 4.57. The summed E-state index contributed by atoms with van der Waals surface area (Å²) in [5.41, 5.74) is 0.453. The minimum absolute atomic E-state index is 0.453. The third-order valence-corrected chi connectivity index (χ3v) is 5.32. The number of rotatable bonds is 6. The van der Waals surface area contributed by atoms with E-state index in [-0.39, 0.29) is 0 Å². The first-order valence-electron chi connectivity index (χ1n) is 6.90. The molecule has 96 valence electrons. The molecule has 0 aromatic heterocycles. The molecule has 16 heavy (non-hydrogen) atoms. The van der Waals surface area contributed by atoms with Gasteiger partial charge in [0, 0.05) is 13.1 Å². The zero-order chi connectivity index (χ0) is 12.2. The van der Waals surface area contributed by atoms with E-state index in [4.69, 9.17) is 0 Å². The minimum atomic E-state index is 0.453. The van der Waals surface area contributed by atoms with Crippen molar-refractivity contribution < 1.29 is 0 Å². The highest BCUT2D eigenvalue weighted by Gasteiger charge is 2.32. The van der Waals surface area contributed by atoms with Crippen molar-refractivity contribution >= 4 is 12.6 Å². The first-order chi connectivity index (χ1) is 7.56. The van der Waals surface area contributed by atoms with Gasteiger partial charge in [-0.15, -0.1) is 0 Å². The standard InChI is InChI=1S/C14H29NS/c1-5-14(6-2,11-16)10-15-8-7-13(9-15)12(3)4/h12-13,16H,5-11H2,1-4H3. The van der Waals surface area contributed by atoms with Gasteiger partial charge in [0.15, 0.2) is 0 Å². The predicted octanol–water partition coefficient (Wildman–Crippen LogP) is 3.70. The van der Waals surface area contributed by atoms with Crippen LogP contribution in [0.2, 0.25) is 0 Å². The van der Waals surface area contributed by atoms with Crippen LogP contribution < -0.4 is 0 Å². The summed E-state index contributed by atoms with van der Waals surface area (Å²) in [6, 6.07) is 0. The van der Waals surface area contributed by atoms with Crippen molar-refractivity contribution in [3.8, 4) is 0 Å². The van der Waals surface area contributed by atoms with Gasteiger partial charge in [-0.25, -0.2) is 0 Å². The highest BCUT2D eigenvalue weighted by molar-refractivity contribution is 7.80. The Kier molecular flexibility index (Phi) is 5.66. The van der Waals surface area contributed by atoms with Gasteiger partial charge in [0.25, 0.3) is 0 Å². The van der Waals surface area contributed by atoms with E-state index in [9.17, 15) is 0 Å². The molecule has 1 nitrogen and oxygen atoms in total. The number of nitrogens with zero attached hydrogens (tertiary/aromatic N) is 1. The second kappa shape index (κ2) is 6.30.